The molecule has 2 saturated carbocycles. The molecule has 0 aromatic heterocycles. The zero-order valence-corrected chi connectivity index (χ0v) is 12.2. The number of fused-ring (bicyclic) bond motifs is 2. The molecule has 1 amide bonds. The summed E-state index contributed by atoms with van der Waals surface area (Å²) >= 11 is 1.63. The quantitative estimate of drug-likeness (QED) is 0.835. The molecule has 3 nitrogen and oxygen atoms in total. The van der Waals surface area contributed by atoms with E-state index in [1.807, 2.05) is 6.92 Å². The van der Waals surface area contributed by atoms with Gasteiger partial charge in [-0.05, 0) is 43.9 Å². The van der Waals surface area contributed by atoms with Crippen LogP contribution in [0.25, 0.3) is 0 Å². The van der Waals surface area contributed by atoms with E-state index in [9.17, 15) is 4.79 Å². The van der Waals surface area contributed by atoms with Gasteiger partial charge in [0.05, 0.1) is 6.04 Å². The van der Waals surface area contributed by atoms with Gasteiger partial charge in [-0.3, -0.25) is 9.79 Å². The Morgan fingerprint density at radius 3 is 2.67 bits per heavy atom. The average Bonchev–Trinajstić information content (AvgIpc) is 2.95. The van der Waals surface area contributed by atoms with Crippen LogP contribution in [0.1, 0.15) is 46.5 Å². The Hall–Kier alpha value is -0.510. The highest BCUT2D eigenvalue weighted by Gasteiger charge is 2.46. The number of amides is 1. The van der Waals surface area contributed by atoms with Gasteiger partial charge in [0, 0.05) is 0 Å². The smallest absolute Gasteiger partial charge is 0.242 e. The van der Waals surface area contributed by atoms with E-state index < -0.39 is 0 Å². The minimum Gasteiger partial charge on any atom is -0.304 e. The molecule has 3 fully saturated rings. The van der Waals surface area contributed by atoms with Crippen molar-refractivity contribution in [3.8, 4) is 0 Å². The van der Waals surface area contributed by atoms with Crippen molar-refractivity contribution >= 4 is 22.8 Å². The Morgan fingerprint density at radius 1 is 1.39 bits per heavy atom. The van der Waals surface area contributed by atoms with Crippen molar-refractivity contribution < 1.29 is 4.79 Å². The lowest BCUT2D eigenvalue weighted by Crippen LogP contribution is -2.38. The number of nitrogens with zero attached hydrogens (tertiary/aromatic N) is 1. The highest BCUT2D eigenvalue weighted by molar-refractivity contribution is 8.16. The second-order valence-electron chi connectivity index (χ2n) is 6.49. The van der Waals surface area contributed by atoms with E-state index >= 15 is 0 Å². The van der Waals surface area contributed by atoms with Crippen LogP contribution in [0.2, 0.25) is 0 Å². The van der Waals surface area contributed by atoms with Crippen LogP contribution in [0.4, 0.5) is 0 Å². The third-order valence-corrected chi connectivity index (χ3v) is 6.55. The predicted octanol–water partition coefficient (Wildman–Crippen LogP) is 2.81. The first-order valence-electron chi connectivity index (χ1n) is 7.07. The molecular formula is C14H22N2OS. The molecule has 0 unspecified atom stereocenters. The van der Waals surface area contributed by atoms with Crippen molar-refractivity contribution in [2.45, 2.75) is 57.2 Å². The lowest BCUT2D eigenvalue weighted by atomic mass is 9.96. The number of hydrogen-bond donors (Lipinski definition) is 1. The summed E-state index contributed by atoms with van der Waals surface area (Å²) in [5.41, 5.74) is 0. The first-order valence-corrected chi connectivity index (χ1v) is 7.89. The summed E-state index contributed by atoms with van der Waals surface area (Å²) in [4.78, 5) is 16.9. The maximum absolute atomic E-state index is 12.1. The van der Waals surface area contributed by atoms with Crippen LogP contribution in [0.3, 0.4) is 0 Å². The molecule has 1 aliphatic heterocycles. The molecule has 1 saturated heterocycles. The molecule has 0 radical (unpaired) electrons. The van der Waals surface area contributed by atoms with Crippen molar-refractivity contribution in [2.75, 3.05) is 0 Å². The van der Waals surface area contributed by atoms with Gasteiger partial charge in [0.1, 0.15) is 4.75 Å². The van der Waals surface area contributed by atoms with E-state index in [-0.39, 0.29) is 10.7 Å². The minimum absolute atomic E-state index is 0.129. The topological polar surface area (TPSA) is 41.5 Å². The number of carbonyl (C=O) groups is 1. The van der Waals surface area contributed by atoms with E-state index in [2.05, 4.69) is 19.2 Å². The van der Waals surface area contributed by atoms with Crippen molar-refractivity contribution in [1.29, 1.82) is 0 Å². The van der Waals surface area contributed by atoms with Crippen LogP contribution >= 0.6 is 11.8 Å². The molecule has 4 heteroatoms. The molecule has 3 rings (SSSR count). The Kier molecular flexibility index (Phi) is 2.96. The van der Waals surface area contributed by atoms with Crippen LogP contribution in [0.5, 0.6) is 0 Å². The van der Waals surface area contributed by atoms with Gasteiger partial charge < -0.3 is 5.32 Å². The summed E-state index contributed by atoms with van der Waals surface area (Å²) in [6, 6.07) is 0.473. The maximum atomic E-state index is 12.1. The van der Waals surface area contributed by atoms with Gasteiger partial charge in [-0.25, -0.2) is 0 Å². The van der Waals surface area contributed by atoms with Gasteiger partial charge in [0.25, 0.3) is 0 Å². The van der Waals surface area contributed by atoms with Crippen LogP contribution in [-0.4, -0.2) is 21.9 Å². The number of amidine groups is 1. The third kappa shape index (κ3) is 1.89. The van der Waals surface area contributed by atoms with Gasteiger partial charge in [-0.2, -0.15) is 0 Å². The van der Waals surface area contributed by atoms with Crippen molar-refractivity contribution in [3.63, 3.8) is 0 Å². The van der Waals surface area contributed by atoms with Gasteiger partial charge in [-0.15, -0.1) is 0 Å². The molecule has 0 aromatic carbocycles. The molecule has 1 N–H and O–H groups in total. The first-order chi connectivity index (χ1) is 8.49. The molecule has 100 valence electrons. The summed E-state index contributed by atoms with van der Waals surface area (Å²) in [5.74, 6) is 2.15. The molecule has 4 atom stereocenters. The standard InChI is InChI=1S/C14H22N2OS/c1-8(2)14(3)12(17)16-13(18-14)15-11-7-9-4-5-10(11)6-9/h8-11H,4-7H2,1-3H3,(H,15,16,17)/t9-,10-,11+,14+/m1/s1. The second kappa shape index (κ2) is 4.26. The SMILES string of the molecule is CC(C)[C@]1(C)SC(=N[C@H]2C[C@@H]3CC[C@@H]2C3)NC1=O. The lowest BCUT2D eigenvalue weighted by Gasteiger charge is -2.23. The molecule has 2 bridgehead atoms. The van der Waals surface area contributed by atoms with E-state index in [0.717, 1.165) is 17.0 Å². The third-order valence-electron chi connectivity index (χ3n) is 5.07. The van der Waals surface area contributed by atoms with Crippen molar-refractivity contribution in [3.05, 3.63) is 0 Å². The Labute approximate surface area is 113 Å². The fourth-order valence-corrected chi connectivity index (χ4v) is 4.57. The van der Waals surface area contributed by atoms with Crippen LogP contribution < -0.4 is 5.32 Å². The number of hydrogen-bond acceptors (Lipinski definition) is 3. The highest BCUT2D eigenvalue weighted by Crippen LogP contribution is 2.47. The van der Waals surface area contributed by atoms with Gasteiger partial charge in [0.2, 0.25) is 5.91 Å². The molecule has 0 aromatic rings. The number of rotatable bonds is 2. The number of thioether (sulfide) groups is 1. The van der Waals surface area contributed by atoms with Gasteiger partial charge >= 0.3 is 0 Å². The molecule has 1 heterocycles. The molecule has 18 heavy (non-hydrogen) atoms. The number of carbonyl (C=O) groups excluding carboxylic acids is 1. The normalized spacial score (nSPS) is 45.2. The fraction of sp³-hybridized carbons (Fsp3) is 0.857. The van der Waals surface area contributed by atoms with Crippen LogP contribution in [-0.2, 0) is 4.79 Å². The molecule has 2 aliphatic carbocycles. The number of nitrogens with one attached hydrogen (secondary N) is 1. The summed E-state index contributed by atoms with van der Waals surface area (Å²) in [6.07, 6.45) is 5.34. The summed E-state index contributed by atoms with van der Waals surface area (Å²) in [7, 11) is 0. The van der Waals surface area contributed by atoms with Crippen LogP contribution in [0.15, 0.2) is 4.99 Å². The average molecular weight is 266 g/mol. The second-order valence-corrected chi connectivity index (χ2v) is 7.93. The molecular weight excluding hydrogens is 244 g/mol. The monoisotopic (exact) mass is 266 g/mol. The summed E-state index contributed by atoms with van der Waals surface area (Å²) < 4.78 is -0.337. The van der Waals surface area contributed by atoms with E-state index in [0.29, 0.717) is 12.0 Å². The summed E-state index contributed by atoms with van der Waals surface area (Å²) in [5, 5.41) is 3.86. The zero-order valence-electron chi connectivity index (χ0n) is 11.4. The van der Waals surface area contributed by atoms with Gasteiger partial charge in [-0.1, -0.05) is 32.0 Å². The first kappa shape index (κ1) is 12.5. The minimum atomic E-state index is -0.337. The number of aliphatic imine (C=N–C) groups is 1. The molecule has 3 aliphatic rings. The van der Waals surface area contributed by atoms with Gasteiger partial charge in [0.15, 0.2) is 5.17 Å². The van der Waals surface area contributed by atoms with E-state index in [1.165, 1.54) is 25.7 Å². The Morgan fingerprint density at radius 2 is 2.17 bits per heavy atom. The predicted molar refractivity (Wildman–Crippen MR) is 75.6 cm³/mol. The van der Waals surface area contributed by atoms with E-state index in [4.69, 9.17) is 4.99 Å². The van der Waals surface area contributed by atoms with E-state index in [1.54, 1.807) is 11.8 Å². The fourth-order valence-electron chi connectivity index (χ4n) is 3.45. The Bertz CT molecular complexity index is 407. The highest BCUT2D eigenvalue weighted by atomic mass is 32.2. The lowest BCUT2D eigenvalue weighted by molar-refractivity contribution is -0.122. The zero-order chi connectivity index (χ0) is 12.9. The maximum Gasteiger partial charge on any atom is 0.242 e. The Balaban J connectivity index is 1.74. The van der Waals surface area contributed by atoms with Crippen LogP contribution in [0, 0.1) is 17.8 Å². The summed E-state index contributed by atoms with van der Waals surface area (Å²) in [6.45, 7) is 6.24. The molecule has 0 spiro atoms. The van der Waals surface area contributed by atoms with Crippen molar-refractivity contribution in [1.82, 2.24) is 5.32 Å². The van der Waals surface area contributed by atoms with Crippen molar-refractivity contribution in [2.24, 2.45) is 22.7 Å². The largest absolute Gasteiger partial charge is 0.304 e.